The molecular formula is C6H9NO4. The number of hydrogen-bond donors (Lipinski definition) is 2. The summed E-state index contributed by atoms with van der Waals surface area (Å²) in [6.45, 7) is 1.84. The first-order valence-corrected chi connectivity index (χ1v) is 3.20. The number of hydrogen-bond acceptors (Lipinski definition) is 3. The van der Waals surface area contributed by atoms with Gasteiger partial charge in [0.15, 0.2) is 0 Å². The maximum atomic E-state index is 10.5. The van der Waals surface area contributed by atoms with Gasteiger partial charge in [0, 0.05) is 0 Å². The monoisotopic (exact) mass is 159 g/mol. The van der Waals surface area contributed by atoms with Crippen LogP contribution in [0.3, 0.4) is 0 Å². The lowest BCUT2D eigenvalue weighted by atomic mass is 10.0. The van der Waals surface area contributed by atoms with Crippen molar-refractivity contribution in [3.8, 4) is 0 Å². The molecule has 0 bridgehead atoms. The van der Waals surface area contributed by atoms with E-state index in [4.69, 9.17) is 9.84 Å². The molecule has 0 saturated carbocycles. The second-order valence-electron chi connectivity index (χ2n) is 2.76. The van der Waals surface area contributed by atoms with E-state index in [0.29, 0.717) is 0 Å². The molecule has 1 aliphatic rings. The number of amides is 1. The van der Waals surface area contributed by atoms with Gasteiger partial charge in [0.05, 0.1) is 13.0 Å². The average molecular weight is 159 g/mol. The molecule has 1 aliphatic heterocycles. The minimum absolute atomic E-state index is 0.161. The molecular weight excluding hydrogens is 150 g/mol. The lowest BCUT2D eigenvalue weighted by molar-refractivity contribution is -0.140. The zero-order valence-corrected chi connectivity index (χ0v) is 6.09. The van der Waals surface area contributed by atoms with Gasteiger partial charge in [-0.1, -0.05) is 0 Å². The van der Waals surface area contributed by atoms with Gasteiger partial charge in [0.1, 0.15) is 5.60 Å². The average Bonchev–Trinajstić information content (AvgIpc) is 2.08. The SMILES string of the molecule is CC1(CC(=O)O)CNC(=O)O1. The summed E-state index contributed by atoms with van der Waals surface area (Å²) in [5.74, 6) is -0.969. The van der Waals surface area contributed by atoms with E-state index in [2.05, 4.69) is 5.32 Å². The standard InChI is InChI=1S/C6H9NO4/c1-6(2-4(8)9)3-7-5(10)11-6/h2-3H2,1H3,(H,7,10)(H,8,9). The van der Waals surface area contributed by atoms with Crippen molar-refractivity contribution in [2.45, 2.75) is 18.9 Å². The number of carbonyl (C=O) groups excluding carboxylic acids is 1. The van der Waals surface area contributed by atoms with E-state index in [-0.39, 0.29) is 13.0 Å². The molecule has 0 aliphatic carbocycles. The van der Waals surface area contributed by atoms with Crippen LogP contribution in [0.5, 0.6) is 0 Å². The molecule has 62 valence electrons. The Kier molecular flexibility index (Phi) is 1.72. The smallest absolute Gasteiger partial charge is 0.407 e. The van der Waals surface area contributed by atoms with Gasteiger partial charge in [-0.2, -0.15) is 0 Å². The Morgan fingerprint density at radius 3 is 2.91 bits per heavy atom. The Hall–Kier alpha value is -1.26. The Morgan fingerprint density at radius 1 is 1.91 bits per heavy atom. The maximum Gasteiger partial charge on any atom is 0.407 e. The highest BCUT2D eigenvalue weighted by Crippen LogP contribution is 2.18. The highest BCUT2D eigenvalue weighted by Gasteiger charge is 2.37. The molecule has 1 amide bonds. The molecule has 2 N–H and O–H groups in total. The van der Waals surface area contributed by atoms with Crippen LogP contribution in [0.2, 0.25) is 0 Å². The fourth-order valence-electron chi connectivity index (χ4n) is 0.974. The van der Waals surface area contributed by atoms with Gasteiger partial charge in [-0.25, -0.2) is 4.79 Å². The third-order valence-corrected chi connectivity index (χ3v) is 1.47. The predicted molar refractivity (Wildman–Crippen MR) is 35.1 cm³/mol. The van der Waals surface area contributed by atoms with Crippen molar-refractivity contribution in [2.24, 2.45) is 0 Å². The molecule has 11 heavy (non-hydrogen) atoms. The molecule has 1 fully saturated rings. The van der Waals surface area contributed by atoms with E-state index < -0.39 is 17.7 Å². The van der Waals surface area contributed by atoms with E-state index in [9.17, 15) is 9.59 Å². The van der Waals surface area contributed by atoms with E-state index >= 15 is 0 Å². The van der Waals surface area contributed by atoms with Crippen LogP contribution in [-0.2, 0) is 9.53 Å². The van der Waals surface area contributed by atoms with Crippen LogP contribution in [0, 0.1) is 0 Å². The highest BCUT2D eigenvalue weighted by atomic mass is 16.6. The van der Waals surface area contributed by atoms with Gasteiger partial charge in [-0.05, 0) is 6.92 Å². The van der Waals surface area contributed by atoms with Crippen LogP contribution >= 0.6 is 0 Å². The molecule has 5 heteroatoms. The third kappa shape index (κ3) is 1.83. The van der Waals surface area contributed by atoms with Crippen LogP contribution < -0.4 is 5.32 Å². The minimum Gasteiger partial charge on any atom is -0.481 e. The predicted octanol–water partition coefficient (Wildman–Crippen LogP) is -0.0404. The van der Waals surface area contributed by atoms with Crippen molar-refractivity contribution >= 4 is 12.1 Å². The van der Waals surface area contributed by atoms with Gasteiger partial charge in [0.25, 0.3) is 0 Å². The number of carboxylic acids is 1. The molecule has 1 atom stereocenters. The fraction of sp³-hybridized carbons (Fsp3) is 0.667. The first-order valence-electron chi connectivity index (χ1n) is 3.20. The summed E-state index contributed by atoms with van der Waals surface area (Å²) in [6.07, 6.45) is -0.708. The summed E-state index contributed by atoms with van der Waals surface area (Å²) in [5.41, 5.74) is -0.872. The number of carboxylic acid groups (broad SMARTS) is 1. The number of alkyl carbamates (subject to hydrolysis) is 1. The Balaban J connectivity index is 2.55. The summed E-state index contributed by atoms with van der Waals surface area (Å²) in [6, 6.07) is 0. The number of aliphatic carboxylic acids is 1. The second-order valence-corrected chi connectivity index (χ2v) is 2.76. The molecule has 0 aromatic carbocycles. The van der Waals surface area contributed by atoms with Crippen LogP contribution in [0.15, 0.2) is 0 Å². The van der Waals surface area contributed by atoms with E-state index in [1.54, 1.807) is 6.92 Å². The summed E-state index contributed by atoms with van der Waals surface area (Å²) in [5, 5.41) is 10.8. The van der Waals surface area contributed by atoms with Crippen LogP contribution in [0.4, 0.5) is 4.79 Å². The first kappa shape index (κ1) is 7.84. The number of rotatable bonds is 2. The van der Waals surface area contributed by atoms with E-state index in [1.165, 1.54) is 0 Å². The van der Waals surface area contributed by atoms with Crippen LogP contribution in [0.1, 0.15) is 13.3 Å². The summed E-state index contributed by atoms with van der Waals surface area (Å²) in [4.78, 5) is 20.8. The Labute approximate surface area is 63.3 Å². The van der Waals surface area contributed by atoms with Gasteiger partial charge in [-0.15, -0.1) is 0 Å². The largest absolute Gasteiger partial charge is 0.481 e. The zero-order valence-electron chi connectivity index (χ0n) is 6.09. The number of ether oxygens (including phenoxy) is 1. The molecule has 0 radical (unpaired) electrons. The molecule has 1 rings (SSSR count). The number of carbonyl (C=O) groups is 2. The molecule has 1 heterocycles. The van der Waals surface area contributed by atoms with Crippen molar-refractivity contribution in [2.75, 3.05) is 6.54 Å². The summed E-state index contributed by atoms with van der Waals surface area (Å²) >= 11 is 0. The highest BCUT2D eigenvalue weighted by molar-refractivity contribution is 5.73. The van der Waals surface area contributed by atoms with Gasteiger partial charge < -0.3 is 15.2 Å². The Bertz CT molecular complexity index is 203. The summed E-state index contributed by atoms with van der Waals surface area (Å²) < 4.78 is 4.73. The number of nitrogens with one attached hydrogen (secondary N) is 1. The zero-order chi connectivity index (χ0) is 8.48. The summed E-state index contributed by atoms with van der Waals surface area (Å²) in [7, 11) is 0. The maximum absolute atomic E-state index is 10.5. The van der Waals surface area contributed by atoms with Crippen molar-refractivity contribution in [3.63, 3.8) is 0 Å². The second kappa shape index (κ2) is 2.41. The minimum atomic E-state index is -0.969. The van der Waals surface area contributed by atoms with Crippen molar-refractivity contribution in [1.29, 1.82) is 0 Å². The van der Waals surface area contributed by atoms with E-state index in [1.807, 2.05) is 0 Å². The third-order valence-electron chi connectivity index (χ3n) is 1.47. The molecule has 0 aromatic heterocycles. The number of cyclic esters (lactones) is 1. The van der Waals surface area contributed by atoms with Crippen LogP contribution in [0.25, 0.3) is 0 Å². The first-order chi connectivity index (χ1) is 5.02. The molecule has 1 saturated heterocycles. The molecule has 1 unspecified atom stereocenters. The van der Waals surface area contributed by atoms with Gasteiger partial charge >= 0.3 is 12.1 Å². The van der Waals surface area contributed by atoms with Crippen LogP contribution in [-0.4, -0.2) is 29.3 Å². The Morgan fingerprint density at radius 2 is 2.55 bits per heavy atom. The van der Waals surface area contributed by atoms with Crippen molar-refractivity contribution in [1.82, 2.24) is 5.32 Å². The van der Waals surface area contributed by atoms with E-state index in [0.717, 1.165) is 0 Å². The topological polar surface area (TPSA) is 75.6 Å². The fourth-order valence-corrected chi connectivity index (χ4v) is 0.974. The quantitative estimate of drug-likeness (QED) is 0.592. The van der Waals surface area contributed by atoms with Gasteiger partial charge in [-0.3, -0.25) is 4.79 Å². The molecule has 0 aromatic rings. The van der Waals surface area contributed by atoms with Crippen molar-refractivity contribution in [3.05, 3.63) is 0 Å². The molecule has 0 spiro atoms. The van der Waals surface area contributed by atoms with Gasteiger partial charge in [0.2, 0.25) is 0 Å². The normalized spacial score (nSPS) is 29.4. The lowest BCUT2D eigenvalue weighted by Gasteiger charge is -2.17. The lowest BCUT2D eigenvalue weighted by Crippen LogP contribution is -2.32. The van der Waals surface area contributed by atoms with Crippen molar-refractivity contribution < 1.29 is 19.4 Å². The molecule has 5 nitrogen and oxygen atoms in total.